The second kappa shape index (κ2) is 3.58. The quantitative estimate of drug-likeness (QED) is 0.790. The standard InChI is InChI=1S/C16H23NO3/c1-16-12-10-7-9(13(18)14(10)20-16)11(12)15(19)17(16)8-5-3-2-4-6-8/h8-14,18H,2-7H2,1H3. The topological polar surface area (TPSA) is 49.8 Å². The highest BCUT2D eigenvalue weighted by Crippen LogP contribution is 2.67. The van der Waals surface area contributed by atoms with Crippen LogP contribution in [0.2, 0.25) is 0 Å². The van der Waals surface area contributed by atoms with Crippen LogP contribution < -0.4 is 0 Å². The molecule has 1 amide bonds. The molecule has 4 nitrogen and oxygen atoms in total. The summed E-state index contributed by atoms with van der Waals surface area (Å²) in [7, 11) is 0. The molecule has 4 heteroatoms. The van der Waals surface area contributed by atoms with Gasteiger partial charge in [-0.2, -0.15) is 0 Å². The highest BCUT2D eigenvalue weighted by Gasteiger charge is 2.77. The monoisotopic (exact) mass is 277 g/mol. The lowest BCUT2D eigenvalue weighted by molar-refractivity contribution is -0.182. The van der Waals surface area contributed by atoms with Gasteiger partial charge in [0, 0.05) is 12.0 Å². The molecule has 2 aliphatic heterocycles. The molecule has 20 heavy (non-hydrogen) atoms. The van der Waals surface area contributed by atoms with Crippen LogP contribution in [-0.2, 0) is 9.53 Å². The lowest BCUT2D eigenvalue weighted by Crippen LogP contribution is -2.54. The summed E-state index contributed by atoms with van der Waals surface area (Å²) in [6.45, 7) is 2.12. The van der Waals surface area contributed by atoms with Crippen molar-refractivity contribution in [2.75, 3.05) is 0 Å². The van der Waals surface area contributed by atoms with Crippen LogP contribution in [0.4, 0.5) is 0 Å². The Morgan fingerprint density at radius 3 is 2.75 bits per heavy atom. The molecular weight excluding hydrogens is 254 g/mol. The van der Waals surface area contributed by atoms with Gasteiger partial charge in [-0.1, -0.05) is 19.3 Å². The van der Waals surface area contributed by atoms with Crippen molar-refractivity contribution in [1.29, 1.82) is 0 Å². The minimum Gasteiger partial charge on any atom is -0.390 e. The van der Waals surface area contributed by atoms with Crippen molar-refractivity contribution in [2.45, 2.75) is 69.4 Å². The molecule has 2 saturated heterocycles. The zero-order valence-electron chi connectivity index (χ0n) is 12.0. The zero-order chi connectivity index (χ0) is 13.6. The van der Waals surface area contributed by atoms with Crippen LogP contribution in [0.3, 0.4) is 0 Å². The fourth-order valence-corrected chi connectivity index (χ4v) is 6.38. The molecular formula is C16H23NO3. The first kappa shape index (κ1) is 12.0. The molecule has 0 radical (unpaired) electrons. The van der Waals surface area contributed by atoms with Crippen molar-refractivity contribution in [3.8, 4) is 0 Å². The number of nitrogens with zero attached hydrogens (tertiary/aromatic N) is 1. The largest absolute Gasteiger partial charge is 0.390 e. The van der Waals surface area contributed by atoms with E-state index in [2.05, 4.69) is 11.8 Å². The number of fused-ring (bicyclic) bond motifs is 2. The smallest absolute Gasteiger partial charge is 0.229 e. The maximum absolute atomic E-state index is 13.0. The molecule has 2 heterocycles. The number of amides is 1. The van der Waals surface area contributed by atoms with E-state index in [4.69, 9.17) is 4.74 Å². The molecule has 5 rings (SSSR count). The summed E-state index contributed by atoms with van der Waals surface area (Å²) in [4.78, 5) is 15.1. The summed E-state index contributed by atoms with van der Waals surface area (Å²) in [5.41, 5.74) is -0.425. The number of carbonyl (C=O) groups is 1. The summed E-state index contributed by atoms with van der Waals surface area (Å²) in [6.07, 6.45) is 6.62. The van der Waals surface area contributed by atoms with E-state index < -0.39 is 11.8 Å². The molecule has 5 fully saturated rings. The van der Waals surface area contributed by atoms with Gasteiger partial charge in [-0.15, -0.1) is 0 Å². The van der Waals surface area contributed by atoms with Crippen LogP contribution in [0, 0.1) is 23.7 Å². The van der Waals surface area contributed by atoms with Gasteiger partial charge < -0.3 is 14.7 Å². The number of hydrogen-bond donors (Lipinski definition) is 1. The molecule has 110 valence electrons. The van der Waals surface area contributed by atoms with Gasteiger partial charge in [-0.3, -0.25) is 4.79 Å². The predicted molar refractivity (Wildman–Crippen MR) is 71.6 cm³/mol. The predicted octanol–water partition coefficient (Wildman–Crippen LogP) is 1.52. The molecule has 7 atom stereocenters. The summed E-state index contributed by atoms with van der Waals surface area (Å²) in [6, 6.07) is 0.377. The normalized spacial score (nSPS) is 57.1. The van der Waals surface area contributed by atoms with Gasteiger partial charge in [0.1, 0.15) is 5.72 Å². The summed E-state index contributed by atoms with van der Waals surface area (Å²) < 4.78 is 6.32. The van der Waals surface area contributed by atoms with Crippen LogP contribution in [0.5, 0.6) is 0 Å². The van der Waals surface area contributed by atoms with Crippen molar-refractivity contribution in [3.63, 3.8) is 0 Å². The van der Waals surface area contributed by atoms with Gasteiger partial charge in [-0.25, -0.2) is 0 Å². The average molecular weight is 277 g/mol. The average Bonchev–Trinajstić information content (AvgIpc) is 3.08. The number of likely N-dealkylation sites (tertiary alicyclic amines) is 1. The molecule has 0 aromatic heterocycles. The zero-order valence-corrected chi connectivity index (χ0v) is 12.0. The second-order valence-corrected chi connectivity index (χ2v) is 7.74. The Kier molecular flexibility index (Phi) is 2.15. The van der Waals surface area contributed by atoms with Crippen molar-refractivity contribution in [2.24, 2.45) is 23.7 Å². The third kappa shape index (κ3) is 1.13. The van der Waals surface area contributed by atoms with Crippen LogP contribution in [-0.4, -0.2) is 39.9 Å². The van der Waals surface area contributed by atoms with Gasteiger partial charge in [0.25, 0.3) is 0 Å². The Morgan fingerprint density at radius 2 is 2.00 bits per heavy atom. The lowest BCUT2D eigenvalue weighted by Gasteiger charge is -2.42. The molecule has 5 aliphatic rings. The van der Waals surface area contributed by atoms with E-state index in [1.807, 2.05) is 0 Å². The SMILES string of the molecule is CC12OC3C(O)C4CC3C1C4C(=O)N2C1CCCCC1. The molecule has 0 aromatic rings. The maximum atomic E-state index is 13.0. The second-order valence-electron chi connectivity index (χ2n) is 7.74. The molecule has 1 N–H and O–H groups in total. The van der Waals surface area contributed by atoms with Crippen LogP contribution >= 0.6 is 0 Å². The van der Waals surface area contributed by atoms with Crippen LogP contribution in [0.25, 0.3) is 0 Å². The van der Waals surface area contributed by atoms with Crippen molar-refractivity contribution >= 4 is 5.91 Å². The van der Waals surface area contributed by atoms with Gasteiger partial charge in [0.05, 0.1) is 18.1 Å². The lowest BCUT2D eigenvalue weighted by atomic mass is 9.77. The fourth-order valence-electron chi connectivity index (χ4n) is 6.38. The number of rotatable bonds is 1. The number of aliphatic hydroxyl groups excluding tert-OH is 1. The Labute approximate surface area is 119 Å². The molecule has 3 saturated carbocycles. The highest BCUT2D eigenvalue weighted by atomic mass is 16.6. The first-order valence-electron chi connectivity index (χ1n) is 8.32. The van der Waals surface area contributed by atoms with Gasteiger partial charge in [0.15, 0.2) is 0 Å². The van der Waals surface area contributed by atoms with E-state index >= 15 is 0 Å². The maximum Gasteiger partial charge on any atom is 0.229 e. The van der Waals surface area contributed by atoms with E-state index in [0.29, 0.717) is 17.9 Å². The minimum absolute atomic E-state index is 0.00885. The highest BCUT2D eigenvalue weighted by molar-refractivity contribution is 5.84. The van der Waals surface area contributed by atoms with E-state index in [1.165, 1.54) is 19.3 Å². The Balaban J connectivity index is 1.56. The van der Waals surface area contributed by atoms with E-state index in [9.17, 15) is 9.90 Å². The Hall–Kier alpha value is -0.610. The van der Waals surface area contributed by atoms with Crippen molar-refractivity contribution < 1.29 is 14.6 Å². The molecule has 7 unspecified atom stereocenters. The molecule has 0 spiro atoms. The van der Waals surface area contributed by atoms with E-state index in [-0.39, 0.29) is 23.8 Å². The fraction of sp³-hybridized carbons (Fsp3) is 0.938. The van der Waals surface area contributed by atoms with Crippen molar-refractivity contribution in [1.82, 2.24) is 4.90 Å². The number of carbonyl (C=O) groups excluding carboxylic acids is 1. The van der Waals surface area contributed by atoms with Crippen LogP contribution in [0.1, 0.15) is 45.4 Å². The third-order valence-corrected chi connectivity index (χ3v) is 6.98. The van der Waals surface area contributed by atoms with Gasteiger partial charge in [-0.05, 0) is 38.0 Å². The van der Waals surface area contributed by atoms with Crippen LogP contribution in [0.15, 0.2) is 0 Å². The Bertz CT molecular complexity index is 474. The summed E-state index contributed by atoms with van der Waals surface area (Å²) in [5.74, 6) is 1.26. The first-order chi connectivity index (χ1) is 9.63. The van der Waals surface area contributed by atoms with E-state index in [1.54, 1.807) is 0 Å². The third-order valence-electron chi connectivity index (χ3n) is 6.98. The summed E-state index contributed by atoms with van der Waals surface area (Å²) >= 11 is 0. The molecule has 3 aliphatic carbocycles. The summed E-state index contributed by atoms with van der Waals surface area (Å²) in [5, 5.41) is 10.4. The minimum atomic E-state index is -0.425. The molecule has 0 aromatic carbocycles. The number of hydrogen-bond acceptors (Lipinski definition) is 3. The first-order valence-corrected chi connectivity index (χ1v) is 8.32. The number of aliphatic hydroxyl groups is 1. The van der Waals surface area contributed by atoms with Gasteiger partial charge in [0.2, 0.25) is 5.91 Å². The number of ether oxygens (including phenoxy) is 1. The van der Waals surface area contributed by atoms with Crippen molar-refractivity contribution in [3.05, 3.63) is 0 Å². The molecule has 2 bridgehead atoms. The Morgan fingerprint density at radius 1 is 1.25 bits per heavy atom. The van der Waals surface area contributed by atoms with Gasteiger partial charge >= 0.3 is 0 Å². The van der Waals surface area contributed by atoms with E-state index in [0.717, 1.165) is 19.3 Å².